The Morgan fingerprint density at radius 2 is 1.86 bits per heavy atom. The van der Waals surface area contributed by atoms with Gasteiger partial charge in [-0.05, 0) is 36.8 Å². The Bertz CT molecular complexity index is 633. The summed E-state index contributed by atoms with van der Waals surface area (Å²) < 4.78 is 11.1. The molecule has 1 heterocycles. The van der Waals surface area contributed by atoms with Gasteiger partial charge >= 0.3 is 0 Å². The molecule has 1 unspecified atom stereocenters. The van der Waals surface area contributed by atoms with E-state index in [4.69, 9.17) is 9.47 Å². The second-order valence-electron chi connectivity index (χ2n) is 5.20. The minimum absolute atomic E-state index is 0.130. The number of nitrogens with one attached hydrogen (secondary N) is 1. The fourth-order valence-corrected chi connectivity index (χ4v) is 2.58. The van der Waals surface area contributed by atoms with Crippen molar-refractivity contribution in [3.63, 3.8) is 0 Å². The second kappa shape index (κ2) is 6.20. The molecule has 0 saturated carbocycles. The van der Waals surface area contributed by atoms with Crippen LogP contribution in [0.2, 0.25) is 0 Å². The van der Waals surface area contributed by atoms with Crippen LogP contribution in [0, 0.1) is 0 Å². The van der Waals surface area contributed by atoms with Crippen LogP contribution in [-0.2, 0) is 15.1 Å². The molecule has 1 aliphatic heterocycles. The maximum absolute atomic E-state index is 12.7. The topological polar surface area (TPSA) is 47.6 Å². The number of carbonyl (C=O) groups excluding carboxylic acids is 1. The van der Waals surface area contributed by atoms with Crippen LogP contribution in [0.5, 0.6) is 5.75 Å². The summed E-state index contributed by atoms with van der Waals surface area (Å²) >= 11 is 0. The highest BCUT2D eigenvalue weighted by molar-refractivity contribution is 5.98. The predicted octanol–water partition coefficient (Wildman–Crippen LogP) is 3.34. The van der Waals surface area contributed by atoms with Crippen LogP contribution in [0.25, 0.3) is 0 Å². The minimum atomic E-state index is -0.861. The highest BCUT2D eigenvalue weighted by Crippen LogP contribution is 2.38. The van der Waals surface area contributed by atoms with E-state index in [9.17, 15) is 4.79 Å². The van der Waals surface area contributed by atoms with Crippen molar-refractivity contribution in [3.8, 4) is 5.75 Å². The van der Waals surface area contributed by atoms with E-state index in [2.05, 4.69) is 5.32 Å². The van der Waals surface area contributed by atoms with Gasteiger partial charge in [0.1, 0.15) is 5.75 Å². The molecule has 0 radical (unpaired) electrons. The van der Waals surface area contributed by atoms with E-state index in [1.54, 1.807) is 0 Å². The van der Waals surface area contributed by atoms with E-state index in [1.807, 2.05) is 61.5 Å². The highest BCUT2D eigenvalue weighted by atomic mass is 16.5. The van der Waals surface area contributed by atoms with Gasteiger partial charge in [0.05, 0.1) is 13.2 Å². The summed E-state index contributed by atoms with van der Waals surface area (Å²) in [7, 11) is 0. The molecule has 4 nitrogen and oxygen atoms in total. The number of ether oxygens (including phenoxy) is 2. The summed E-state index contributed by atoms with van der Waals surface area (Å²) in [5, 5.41) is 2.93. The first-order valence-electron chi connectivity index (χ1n) is 7.48. The smallest absolute Gasteiger partial charge is 0.261 e. The Labute approximate surface area is 130 Å². The zero-order valence-electron chi connectivity index (χ0n) is 12.5. The van der Waals surface area contributed by atoms with E-state index < -0.39 is 5.60 Å². The van der Waals surface area contributed by atoms with E-state index >= 15 is 0 Å². The Balaban J connectivity index is 1.75. The molecule has 0 aliphatic carbocycles. The third-order valence-corrected chi connectivity index (χ3v) is 3.83. The van der Waals surface area contributed by atoms with Gasteiger partial charge in [0.2, 0.25) is 0 Å². The van der Waals surface area contributed by atoms with Crippen LogP contribution in [0.3, 0.4) is 0 Å². The van der Waals surface area contributed by atoms with Gasteiger partial charge in [-0.15, -0.1) is 0 Å². The Kier molecular flexibility index (Phi) is 4.11. The van der Waals surface area contributed by atoms with Crippen LogP contribution in [0.15, 0.2) is 54.6 Å². The van der Waals surface area contributed by atoms with E-state index in [0.29, 0.717) is 19.6 Å². The molecule has 2 aromatic rings. The van der Waals surface area contributed by atoms with E-state index in [0.717, 1.165) is 17.0 Å². The van der Waals surface area contributed by atoms with E-state index in [-0.39, 0.29) is 5.91 Å². The maximum Gasteiger partial charge on any atom is 0.261 e. The van der Waals surface area contributed by atoms with Gasteiger partial charge in [0.25, 0.3) is 5.91 Å². The zero-order chi connectivity index (χ0) is 15.4. The number of hydrogen-bond acceptors (Lipinski definition) is 3. The number of anilines is 1. The van der Waals surface area contributed by atoms with E-state index in [1.165, 1.54) is 0 Å². The van der Waals surface area contributed by atoms with Crippen molar-refractivity contribution in [2.24, 2.45) is 0 Å². The lowest BCUT2D eigenvalue weighted by molar-refractivity contribution is -0.174. The number of hydrogen-bond donors (Lipinski definition) is 1. The van der Waals surface area contributed by atoms with Gasteiger partial charge in [-0.3, -0.25) is 4.79 Å². The molecule has 4 heteroatoms. The van der Waals surface area contributed by atoms with Crippen molar-refractivity contribution < 1.29 is 14.3 Å². The van der Waals surface area contributed by atoms with Gasteiger partial charge < -0.3 is 14.8 Å². The summed E-state index contributed by atoms with van der Waals surface area (Å²) in [6.45, 7) is 3.16. The number of rotatable bonds is 5. The van der Waals surface area contributed by atoms with Crippen molar-refractivity contribution in [3.05, 3.63) is 60.2 Å². The Morgan fingerprint density at radius 1 is 1.18 bits per heavy atom. The number of benzene rings is 2. The molecular weight excluding hydrogens is 278 g/mol. The van der Waals surface area contributed by atoms with Crippen LogP contribution in [-0.4, -0.2) is 19.1 Å². The van der Waals surface area contributed by atoms with Crippen molar-refractivity contribution in [2.75, 3.05) is 18.5 Å². The minimum Gasteiger partial charge on any atom is -0.494 e. The molecule has 1 fully saturated rings. The average molecular weight is 297 g/mol. The summed E-state index contributed by atoms with van der Waals surface area (Å²) in [6, 6.07) is 17.0. The summed E-state index contributed by atoms with van der Waals surface area (Å²) in [4.78, 5) is 12.7. The molecule has 0 bridgehead atoms. The Morgan fingerprint density at radius 3 is 2.41 bits per heavy atom. The SMILES string of the molecule is CCOc1ccc(NC(=O)C2(c3ccccc3)CCO2)cc1. The van der Waals surface area contributed by atoms with Crippen LogP contribution < -0.4 is 10.1 Å². The normalized spacial score (nSPS) is 20.0. The molecule has 0 spiro atoms. The third kappa shape index (κ3) is 2.70. The average Bonchev–Trinajstić information content (AvgIpc) is 2.49. The first kappa shape index (κ1) is 14.6. The lowest BCUT2D eigenvalue weighted by Crippen LogP contribution is -2.50. The van der Waals surface area contributed by atoms with Crippen molar-refractivity contribution in [2.45, 2.75) is 18.9 Å². The molecule has 2 aromatic carbocycles. The molecule has 1 atom stereocenters. The fourth-order valence-electron chi connectivity index (χ4n) is 2.58. The van der Waals surface area contributed by atoms with Crippen molar-refractivity contribution in [1.29, 1.82) is 0 Å². The van der Waals surface area contributed by atoms with Crippen molar-refractivity contribution >= 4 is 11.6 Å². The van der Waals surface area contributed by atoms with Gasteiger partial charge in [0, 0.05) is 12.1 Å². The zero-order valence-corrected chi connectivity index (χ0v) is 12.5. The number of carbonyl (C=O) groups is 1. The maximum atomic E-state index is 12.7. The molecule has 114 valence electrons. The van der Waals surface area contributed by atoms with Crippen LogP contribution >= 0.6 is 0 Å². The third-order valence-electron chi connectivity index (χ3n) is 3.83. The largest absolute Gasteiger partial charge is 0.494 e. The standard InChI is InChI=1S/C18H19NO3/c1-2-21-16-10-8-15(9-11-16)19-17(20)18(12-13-22-18)14-6-4-3-5-7-14/h3-11H,2,12-13H2,1H3,(H,19,20). The van der Waals surface area contributed by atoms with Crippen LogP contribution in [0.1, 0.15) is 18.9 Å². The van der Waals surface area contributed by atoms with Crippen LogP contribution in [0.4, 0.5) is 5.69 Å². The lowest BCUT2D eigenvalue weighted by atomic mass is 9.85. The highest BCUT2D eigenvalue weighted by Gasteiger charge is 2.47. The summed E-state index contributed by atoms with van der Waals surface area (Å²) in [5.41, 5.74) is 0.767. The quantitative estimate of drug-likeness (QED) is 0.920. The molecular formula is C18H19NO3. The molecule has 1 aliphatic rings. The van der Waals surface area contributed by atoms with Gasteiger partial charge in [-0.25, -0.2) is 0 Å². The second-order valence-corrected chi connectivity index (χ2v) is 5.20. The van der Waals surface area contributed by atoms with Crippen molar-refractivity contribution in [1.82, 2.24) is 0 Å². The van der Waals surface area contributed by atoms with Gasteiger partial charge in [-0.1, -0.05) is 30.3 Å². The summed E-state index contributed by atoms with van der Waals surface area (Å²) in [6.07, 6.45) is 0.694. The fraction of sp³-hybridized carbons (Fsp3) is 0.278. The molecule has 0 aromatic heterocycles. The molecule has 1 N–H and O–H groups in total. The molecule has 3 rings (SSSR count). The molecule has 1 amide bonds. The van der Waals surface area contributed by atoms with Gasteiger partial charge in [-0.2, -0.15) is 0 Å². The van der Waals surface area contributed by atoms with Gasteiger partial charge in [0.15, 0.2) is 5.60 Å². The molecule has 22 heavy (non-hydrogen) atoms. The predicted molar refractivity (Wildman–Crippen MR) is 84.9 cm³/mol. The monoisotopic (exact) mass is 297 g/mol. The lowest BCUT2D eigenvalue weighted by Gasteiger charge is -2.40. The summed E-state index contributed by atoms with van der Waals surface area (Å²) in [5.74, 6) is 0.660. The number of amides is 1. The molecule has 1 saturated heterocycles. The first-order chi connectivity index (χ1) is 10.7. The first-order valence-corrected chi connectivity index (χ1v) is 7.48. The Hall–Kier alpha value is -2.33.